The minimum atomic E-state index is 0.707. The molecular formula is C5H2BrN3S2. The Morgan fingerprint density at radius 1 is 1.64 bits per heavy atom. The normalized spacial score (nSPS) is 10.6. The first-order valence-electron chi connectivity index (χ1n) is 2.77. The van der Waals surface area contributed by atoms with Gasteiger partial charge in [-0.2, -0.15) is 0 Å². The van der Waals surface area contributed by atoms with Crippen molar-refractivity contribution in [1.82, 2.24) is 15.0 Å². The van der Waals surface area contributed by atoms with Gasteiger partial charge in [0.15, 0.2) is 14.4 Å². The fraction of sp³-hybridized carbons (Fsp3) is 0. The van der Waals surface area contributed by atoms with E-state index in [2.05, 4.69) is 30.9 Å². The zero-order valence-corrected chi connectivity index (χ0v) is 8.39. The van der Waals surface area contributed by atoms with Crippen molar-refractivity contribution in [3.8, 4) is 0 Å². The van der Waals surface area contributed by atoms with Gasteiger partial charge in [0.25, 0.3) is 0 Å². The Bertz CT molecular complexity index is 446. The van der Waals surface area contributed by atoms with E-state index in [0.717, 1.165) is 10.5 Å². The lowest BCUT2D eigenvalue weighted by Gasteiger charge is -1.86. The lowest BCUT2D eigenvalue weighted by molar-refractivity contribution is 1.22. The molecule has 2 aromatic rings. The first-order valence-corrected chi connectivity index (χ1v) is 4.79. The van der Waals surface area contributed by atoms with Gasteiger partial charge in [0, 0.05) is 0 Å². The number of H-pyrrole nitrogens is 1. The van der Waals surface area contributed by atoms with Crippen LogP contribution in [0.3, 0.4) is 0 Å². The molecule has 2 rings (SSSR count). The molecule has 0 aliphatic heterocycles. The van der Waals surface area contributed by atoms with Crippen molar-refractivity contribution < 1.29 is 0 Å². The number of aromatic amines is 1. The molecule has 0 fully saturated rings. The Kier molecular flexibility index (Phi) is 1.74. The minimum absolute atomic E-state index is 0.707. The Balaban J connectivity index is 2.92. The number of halogens is 1. The highest BCUT2D eigenvalue weighted by molar-refractivity contribution is 9.10. The molecule has 0 amide bonds. The molecule has 6 heteroatoms. The average molecular weight is 248 g/mol. The van der Waals surface area contributed by atoms with Crippen LogP contribution in [-0.2, 0) is 0 Å². The number of nitrogens with zero attached hydrogens (tertiary/aromatic N) is 2. The molecule has 0 aromatic carbocycles. The van der Waals surface area contributed by atoms with E-state index in [4.69, 9.17) is 12.2 Å². The third-order valence-corrected chi connectivity index (χ3v) is 2.63. The predicted octanol–water partition coefficient (Wildman–Crippen LogP) is 2.51. The van der Waals surface area contributed by atoms with Crippen LogP contribution in [0.5, 0.6) is 0 Å². The van der Waals surface area contributed by atoms with Crippen molar-refractivity contribution in [3.63, 3.8) is 0 Å². The quantitative estimate of drug-likeness (QED) is 0.728. The smallest absolute Gasteiger partial charge is 0.169 e. The van der Waals surface area contributed by atoms with Gasteiger partial charge in [0.1, 0.15) is 4.60 Å². The van der Waals surface area contributed by atoms with Gasteiger partial charge < -0.3 is 4.98 Å². The molecule has 0 spiro atoms. The topological polar surface area (TPSA) is 41.6 Å². The number of rotatable bonds is 0. The molecule has 0 aliphatic carbocycles. The van der Waals surface area contributed by atoms with Crippen LogP contribution >= 0.6 is 39.5 Å². The number of nitrogens with one attached hydrogen (secondary N) is 1. The number of thiazole rings is 1. The summed E-state index contributed by atoms with van der Waals surface area (Å²) in [5.41, 5.74) is 0.745. The number of hydrogen-bond donors (Lipinski definition) is 1. The second kappa shape index (κ2) is 2.62. The van der Waals surface area contributed by atoms with E-state index >= 15 is 0 Å². The molecule has 0 bridgehead atoms. The van der Waals surface area contributed by atoms with E-state index in [1.165, 1.54) is 11.3 Å². The maximum atomic E-state index is 4.92. The summed E-state index contributed by atoms with van der Waals surface area (Å²) < 4.78 is 1.42. The Hall–Kier alpha value is -0.330. The fourth-order valence-corrected chi connectivity index (χ4v) is 1.96. The zero-order valence-electron chi connectivity index (χ0n) is 5.17. The lowest BCUT2D eigenvalue weighted by Crippen LogP contribution is -1.79. The fourth-order valence-electron chi connectivity index (χ4n) is 0.723. The molecule has 0 saturated carbocycles. The van der Waals surface area contributed by atoms with Crippen molar-refractivity contribution in [2.45, 2.75) is 0 Å². The van der Waals surface area contributed by atoms with Gasteiger partial charge in [-0.05, 0) is 28.1 Å². The van der Waals surface area contributed by atoms with Gasteiger partial charge in [-0.1, -0.05) is 11.3 Å². The van der Waals surface area contributed by atoms with Crippen LogP contribution in [0, 0.1) is 3.95 Å². The van der Waals surface area contributed by atoms with Crippen LogP contribution in [0.15, 0.2) is 10.8 Å². The molecule has 11 heavy (non-hydrogen) atoms. The first-order chi connectivity index (χ1) is 5.25. The molecule has 1 N–H and O–H groups in total. The molecular weight excluding hydrogens is 246 g/mol. The van der Waals surface area contributed by atoms with Gasteiger partial charge in [-0.15, -0.1) is 0 Å². The molecule has 0 radical (unpaired) electrons. The van der Waals surface area contributed by atoms with Gasteiger partial charge in [-0.3, -0.25) is 0 Å². The highest BCUT2D eigenvalue weighted by atomic mass is 79.9. The Labute approximate surface area is 79.6 Å². The second-order valence-electron chi connectivity index (χ2n) is 1.86. The summed E-state index contributed by atoms with van der Waals surface area (Å²) in [5.74, 6) is 0. The standard InChI is InChI=1S/C5H2BrN3S2/c6-2-1-7-4-3(8-2)9-5(10)11-4/h1H,(H,8,9,10). The summed E-state index contributed by atoms with van der Waals surface area (Å²) in [4.78, 5) is 12.0. The summed E-state index contributed by atoms with van der Waals surface area (Å²) in [5, 5.41) is 0. The van der Waals surface area contributed by atoms with Crippen molar-refractivity contribution in [2.24, 2.45) is 0 Å². The van der Waals surface area contributed by atoms with E-state index in [1.807, 2.05) is 0 Å². The third-order valence-electron chi connectivity index (χ3n) is 1.12. The Morgan fingerprint density at radius 2 is 2.45 bits per heavy atom. The SMILES string of the molecule is S=c1[nH]c2nc(Br)cnc2s1. The molecule has 2 heterocycles. The molecule has 3 nitrogen and oxygen atoms in total. The molecule has 0 aliphatic rings. The van der Waals surface area contributed by atoms with Crippen LogP contribution in [0.25, 0.3) is 10.5 Å². The van der Waals surface area contributed by atoms with Crippen LogP contribution in [0.1, 0.15) is 0 Å². The minimum Gasteiger partial charge on any atom is -0.320 e. The largest absolute Gasteiger partial charge is 0.320 e. The summed E-state index contributed by atoms with van der Waals surface area (Å²) >= 11 is 9.57. The Morgan fingerprint density at radius 3 is 3.27 bits per heavy atom. The number of aromatic nitrogens is 3. The molecule has 0 saturated heterocycles. The van der Waals surface area contributed by atoms with Crippen LogP contribution in [-0.4, -0.2) is 15.0 Å². The number of hydrogen-bond acceptors (Lipinski definition) is 4. The van der Waals surface area contributed by atoms with E-state index in [1.54, 1.807) is 6.20 Å². The molecule has 0 unspecified atom stereocenters. The van der Waals surface area contributed by atoms with E-state index < -0.39 is 0 Å². The highest BCUT2D eigenvalue weighted by Crippen LogP contribution is 2.16. The van der Waals surface area contributed by atoms with Crippen LogP contribution in [0.4, 0.5) is 0 Å². The summed E-state index contributed by atoms with van der Waals surface area (Å²) in [6.07, 6.45) is 1.65. The predicted molar refractivity (Wildman–Crippen MR) is 50.3 cm³/mol. The van der Waals surface area contributed by atoms with Crippen LogP contribution in [0.2, 0.25) is 0 Å². The summed E-state index contributed by atoms with van der Waals surface area (Å²) in [6.45, 7) is 0. The van der Waals surface area contributed by atoms with Gasteiger partial charge >= 0.3 is 0 Å². The third kappa shape index (κ3) is 1.33. The zero-order chi connectivity index (χ0) is 7.84. The lowest BCUT2D eigenvalue weighted by atomic mass is 10.7. The van der Waals surface area contributed by atoms with Gasteiger partial charge in [0.05, 0.1) is 6.20 Å². The van der Waals surface area contributed by atoms with Crippen LogP contribution < -0.4 is 0 Å². The van der Waals surface area contributed by atoms with Gasteiger partial charge in [0.2, 0.25) is 0 Å². The molecule has 0 atom stereocenters. The van der Waals surface area contributed by atoms with Crippen molar-refractivity contribution in [2.75, 3.05) is 0 Å². The first kappa shape index (κ1) is 7.33. The van der Waals surface area contributed by atoms with Crippen molar-refractivity contribution in [1.29, 1.82) is 0 Å². The van der Waals surface area contributed by atoms with E-state index in [0.29, 0.717) is 8.56 Å². The van der Waals surface area contributed by atoms with Crippen molar-refractivity contribution >= 4 is 50.0 Å². The highest BCUT2D eigenvalue weighted by Gasteiger charge is 1.98. The van der Waals surface area contributed by atoms with E-state index in [9.17, 15) is 0 Å². The summed E-state index contributed by atoms with van der Waals surface area (Å²) in [6, 6.07) is 0. The second-order valence-corrected chi connectivity index (χ2v) is 4.34. The maximum Gasteiger partial charge on any atom is 0.169 e. The average Bonchev–Trinajstić information content (AvgIpc) is 2.27. The molecule has 2 aromatic heterocycles. The van der Waals surface area contributed by atoms with E-state index in [-0.39, 0.29) is 0 Å². The van der Waals surface area contributed by atoms with Crippen molar-refractivity contribution in [3.05, 3.63) is 14.8 Å². The monoisotopic (exact) mass is 247 g/mol. The molecule has 56 valence electrons. The summed E-state index contributed by atoms with van der Waals surface area (Å²) in [7, 11) is 0. The van der Waals surface area contributed by atoms with Gasteiger partial charge in [-0.25, -0.2) is 9.97 Å². The number of fused-ring (bicyclic) bond motifs is 1. The maximum absolute atomic E-state index is 4.92.